The van der Waals surface area contributed by atoms with Crippen LogP contribution in [0.2, 0.25) is 0 Å². The van der Waals surface area contributed by atoms with Crippen LogP contribution in [0.3, 0.4) is 0 Å². The van der Waals surface area contributed by atoms with Crippen LogP contribution in [0.1, 0.15) is 10.4 Å². The highest BCUT2D eigenvalue weighted by molar-refractivity contribution is 5.95. The monoisotopic (exact) mass is 382 g/mol. The summed E-state index contributed by atoms with van der Waals surface area (Å²) in [4.78, 5) is 34.1. The number of primary amides is 1. The Hall–Kier alpha value is -3.56. The van der Waals surface area contributed by atoms with E-state index in [-0.39, 0.29) is 17.9 Å². The van der Waals surface area contributed by atoms with Crippen molar-refractivity contribution in [3.05, 3.63) is 59.4 Å². The van der Waals surface area contributed by atoms with Crippen LogP contribution < -0.4 is 15.8 Å². The molecule has 0 aliphatic rings. The molecule has 7 nitrogen and oxygen atoms in total. The molecule has 142 valence electrons. The first-order valence-electron chi connectivity index (χ1n) is 7.39. The van der Waals surface area contributed by atoms with E-state index in [0.29, 0.717) is 6.07 Å². The molecule has 0 saturated carbocycles. The predicted molar refractivity (Wildman–Crippen MR) is 86.4 cm³/mol. The lowest BCUT2D eigenvalue weighted by atomic mass is 10.2. The largest absolute Gasteiger partial charge is 0.484 e. The maximum absolute atomic E-state index is 13.5. The minimum Gasteiger partial charge on any atom is -0.484 e. The Morgan fingerprint density at radius 2 is 1.59 bits per heavy atom. The van der Waals surface area contributed by atoms with Crippen molar-refractivity contribution >= 4 is 23.5 Å². The molecule has 10 heteroatoms. The van der Waals surface area contributed by atoms with Gasteiger partial charge in [-0.25, -0.2) is 18.0 Å². The Balaban J connectivity index is 1.88. The van der Waals surface area contributed by atoms with Gasteiger partial charge in [-0.15, -0.1) is 0 Å². The van der Waals surface area contributed by atoms with Crippen LogP contribution in [-0.4, -0.2) is 31.0 Å². The number of nitrogens with two attached hydrogens (primary N) is 1. The van der Waals surface area contributed by atoms with Gasteiger partial charge in [0.1, 0.15) is 5.75 Å². The normalized spacial score (nSPS) is 10.2. The van der Waals surface area contributed by atoms with E-state index in [1.165, 1.54) is 24.3 Å². The van der Waals surface area contributed by atoms with Crippen LogP contribution >= 0.6 is 0 Å². The molecule has 2 aromatic rings. The molecule has 0 atom stereocenters. The molecule has 0 spiro atoms. The molecule has 0 aromatic heterocycles. The van der Waals surface area contributed by atoms with Crippen LogP contribution in [0.15, 0.2) is 36.4 Å². The van der Waals surface area contributed by atoms with Gasteiger partial charge in [0.25, 0.3) is 11.8 Å². The maximum atomic E-state index is 13.5. The van der Waals surface area contributed by atoms with Gasteiger partial charge in [0.2, 0.25) is 0 Å². The van der Waals surface area contributed by atoms with E-state index < -0.39 is 47.5 Å². The minimum absolute atomic E-state index is 0.0771. The zero-order valence-electron chi connectivity index (χ0n) is 13.6. The molecule has 0 unspecified atom stereocenters. The quantitative estimate of drug-likeness (QED) is 0.561. The summed E-state index contributed by atoms with van der Waals surface area (Å²) >= 11 is 0. The van der Waals surface area contributed by atoms with Crippen LogP contribution in [0.5, 0.6) is 5.75 Å². The lowest BCUT2D eigenvalue weighted by molar-refractivity contribution is -0.120. The number of hydrogen-bond acceptors (Lipinski definition) is 5. The molecule has 0 fully saturated rings. The third-order valence-corrected chi connectivity index (χ3v) is 3.11. The Kier molecular flexibility index (Phi) is 6.36. The van der Waals surface area contributed by atoms with E-state index in [0.717, 1.165) is 6.07 Å². The lowest BCUT2D eigenvalue weighted by Gasteiger charge is -2.08. The summed E-state index contributed by atoms with van der Waals surface area (Å²) in [6.07, 6.45) is 0. The Morgan fingerprint density at radius 3 is 2.22 bits per heavy atom. The fraction of sp³-hybridized carbons (Fsp3) is 0.118. The van der Waals surface area contributed by atoms with Crippen LogP contribution in [0.25, 0.3) is 0 Å². The van der Waals surface area contributed by atoms with E-state index in [9.17, 15) is 27.6 Å². The lowest BCUT2D eigenvalue weighted by Crippen LogP contribution is -2.22. The Morgan fingerprint density at radius 1 is 0.926 bits per heavy atom. The summed E-state index contributed by atoms with van der Waals surface area (Å²) in [6, 6.07) is 6.89. The third kappa shape index (κ3) is 5.46. The van der Waals surface area contributed by atoms with Crippen molar-refractivity contribution < 1.29 is 37.0 Å². The zero-order valence-corrected chi connectivity index (χ0v) is 13.6. The van der Waals surface area contributed by atoms with E-state index in [2.05, 4.69) is 0 Å². The van der Waals surface area contributed by atoms with Gasteiger partial charge in [0.15, 0.2) is 30.7 Å². The topological polar surface area (TPSA) is 108 Å². The van der Waals surface area contributed by atoms with Gasteiger partial charge in [-0.1, -0.05) is 0 Å². The fourth-order valence-electron chi connectivity index (χ4n) is 1.86. The van der Waals surface area contributed by atoms with Crippen molar-refractivity contribution in [2.75, 3.05) is 18.5 Å². The minimum atomic E-state index is -1.73. The Bertz CT molecular complexity index is 872. The first-order chi connectivity index (χ1) is 12.8. The average molecular weight is 382 g/mol. The number of rotatable bonds is 7. The SMILES string of the molecule is NC(=O)COc1ccc(C(=O)OCC(=O)Nc2ccc(F)c(F)c2F)cc1. The first kappa shape index (κ1) is 19.8. The molecule has 0 aliphatic carbocycles. The van der Waals surface area contributed by atoms with Crippen LogP contribution in [0, 0.1) is 17.5 Å². The molecular formula is C17H13F3N2O5. The van der Waals surface area contributed by atoms with Crippen molar-refractivity contribution in [3.63, 3.8) is 0 Å². The van der Waals surface area contributed by atoms with Crippen molar-refractivity contribution in [1.82, 2.24) is 0 Å². The summed E-state index contributed by atoms with van der Waals surface area (Å²) in [7, 11) is 0. The molecule has 3 N–H and O–H groups in total. The molecule has 2 amide bonds. The number of benzene rings is 2. The van der Waals surface area contributed by atoms with Gasteiger partial charge in [-0.05, 0) is 36.4 Å². The van der Waals surface area contributed by atoms with Gasteiger partial charge in [0, 0.05) is 0 Å². The molecule has 27 heavy (non-hydrogen) atoms. The molecule has 0 heterocycles. The number of esters is 1. The van der Waals surface area contributed by atoms with E-state index in [1.54, 1.807) is 0 Å². The second kappa shape index (κ2) is 8.70. The molecule has 2 aromatic carbocycles. The summed E-state index contributed by atoms with van der Waals surface area (Å²) in [5, 5.41) is 1.96. The summed E-state index contributed by atoms with van der Waals surface area (Å²) < 4.78 is 49.1. The second-order valence-corrected chi connectivity index (χ2v) is 5.13. The fourth-order valence-corrected chi connectivity index (χ4v) is 1.86. The highest BCUT2D eigenvalue weighted by Crippen LogP contribution is 2.19. The number of carbonyl (C=O) groups excluding carboxylic acids is 3. The van der Waals surface area contributed by atoms with Gasteiger partial charge in [-0.2, -0.15) is 0 Å². The molecular weight excluding hydrogens is 369 g/mol. The van der Waals surface area contributed by atoms with Gasteiger partial charge in [-0.3, -0.25) is 9.59 Å². The van der Waals surface area contributed by atoms with Crippen molar-refractivity contribution in [2.45, 2.75) is 0 Å². The summed E-state index contributed by atoms with van der Waals surface area (Å²) in [6.45, 7) is -1.11. The number of carbonyl (C=O) groups is 3. The van der Waals surface area contributed by atoms with Crippen LogP contribution in [0.4, 0.5) is 18.9 Å². The predicted octanol–water partition coefficient (Wildman–Crippen LogP) is 1.76. The number of nitrogens with one attached hydrogen (secondary N) is 1. The van der Waals surface area contributed by atoms with E-state index >= 15 is 0 Å². The summed E-state index contributed by atoms with van der Waals surface area (Å²) in [5.41, 5.74) is 4.41. The second-order valence-electron chi connectivity index (χ2n) is 5.13. The average Bonchev–Trinajstić information content (AvgIpc) is 2.65. The standard InChI is InChI=1S/C17H13F3N2O5/c18-11-5-6-12(16(20)15(11)19)22-14(24)8-27-17(25)9-1-3-10(4-2-9)26-7-13(21)23/h1-6H,7-8H2,(H2,21,23)(H,22,24). The molecule has 0 bridgehead atoms. The van der Waals surface area contributed by atoms with Crippen molar-refractivity contribution in [2.24, 2.45) is 5.73 Å². The first-order valence-corrected chi connectivity index (χ1v) is 7.39. The van der Waals surface area contributed by atoms with E-state index in [1.807, 2.05) is 5.32 Å². The highest BCUT2D eigenvalue weighted by Gasteiger charge is 2.16. The van der Waals surface area contributed by atoms with E-state index in [4.69, 9.17) is 15.2 Å². The number of hydrogen-bond donors (Lipinski definition) is 2. The summed E-state index contributed by atoms with van der Waals surface area (Å²) in [5.74, 6) is -6.89. The van der Waals surface area contributed by atoms with Gasteiger partial charge < -0.3 is 20.5 Å². The smallest absolute Gasteiger partial charge is 0.338 e. The number of ether oxygens (including phenoxy) is 2. The third-order valence-electron chi connectivity index (χ3n) is 3.11. The maximum Gasteiger partial charge on any atom is 0.338 e. The molecule has 0 radical (unpaired) electrons. The van der Waals surface area contributed by atoms with Gasteiger partial charge in [0.05, 0.1) is 11.3 Å². The van der Waals surface area contributed by atoms with Gasteiger partial charge >= 0.3 is 5.97 Å². The molecule has 0 aliphatic heterocycles. The highest BCUT2D eigenvalue weighted by atomic mass is 19.2. The Labute approximate surface area is 150 Å². The van der Waals surface area contributed by atoms with Crippen molar-refractivity contribution in [1.29, 1.82) is 0 Å². The van der Waals surface area contributed by atoms with Crippen molar-refractivity contribution in [3.8, 4) is 5.75 Å². The number of anilines is 1. The molecule has 0 saturated heterocycles. The number of halogens is 3. The molecule has 2 rings (SSSR count). The van der Waals surface area contributed by atoms with Crippen LogP contribution in [-0.2, 0) is 14.3 Å². The number of amides is 2. The zero-order chi connectivity index (χ0) is 20.0.